The van der Waals surface area contributed by atoms with E-state index in [1.807, 2.05) is 21.0 Å². The minimum Gasteiger partial charge on any atom is -0.370 e. The van der Waals surface area contributed by atoms with Crippen LogP contribution >= 0.6 is 0 Å². The Labute approximate surface area is 121 Å². The van der Waals surface area contributed by atoms with Crippen molar-refractivity contribution in [2.75, 3.05) is 33.7 Å². The van der Waals surface area contributed by atoms with Gasteiger partial charge < -0.3 is 21.3 Å². The highest BCUT2D eigenvalue weighted by atomic mass is 16.2. The van der Waals surface area contributed by atoms with Gasteiger partial charge in [-0.25, -0.2) is 0 Å². The molecule has 0 fully saturated rings. The summed E-state index contributed by atoms with van der Waals surface area (Å²) in [6, 6.07) is 0. The van der Waals surface area contributed by atoms with Crippen LogP contribution in [-0.4, -0.2) is 56.4 Å². The smallest absolute Gasteiger partial charge is 0.239 e. The molecule has 0 aliphatic rings. The Hall–Kier alpha value is -1.79. The highest BCUT2D eigenvalue weighted by Crippen LogP contribution is 1.96. The van der Waals surface area contributed by atoms with Crippen LogP contribution in [0.4, 0.5) is 0 Å². The van der Waals surface area contributed by atoms with Crippen molar-refractivity contribution in [3.63, 3.8) is 0 Å². The van der Waals surface area contributed by atoms with Crippen LogP contribution in [0.15, 0.2) is 4.99 Å². The first-order valence-corrected chi connectivity index (χ1v) is 6.98. The molecule has 0 saturated carbocycles. The first kappa shape index (κ1) is 18.2. The van der Waals surface area contributed by atoms with Gasteiger partial charge in [0.2, 0.25) is 11.8 Å². The third-order valence-corrected chi connectivity index (χ3v) is 2.56. The summed E-state index contributed by atoms with van der Waals surface area (Å²) in [5, 5.41) is 5.29. The summed E-state index contributed by atoms with van der Waals surface area (Å²) in [6.45, 7) is 3.27. The molecule has 0 aliphatic carbocycles. The van der Waals surface area contributed by atoms with Gasteiger partial charge in [-0.05, 0) is 19.3 Å². The number of carbonyl (C=O) groups is 2. The standard InChI is InChI=1S/C13H27N5O2/c1-4-8-15-12(20)10-17-11(19)7-5-6-9-16-13(14)18(2)3/h4-10H2,1-3H3,(H2,14,16)(H,15,20)(H,17,19). The van der Waals surface area contributed by atoms with E-state index in [2.05, 4.69) is 15.6 Å². The number of nitrogens with two attached hydrogens (primary N) is 1. The number of aliphatic imine (C=N–C) groups is 1. The third-order valence-electron chi connectivity index (χ3n) is 2.56. The van der Waals surface area contributed by atoms with Gasteiger partial charge in [-0.3, -0.25) is 14.6 Å². The monoisotopic (exact) mass is 285 g/mol. The van der Waals surface area contributed by atoms with Gasteiger partial charge >= 0.3 is 0 Å². The lowest BCUT2D eigenvalue weighted by atomic mass is 10.2. The normalized spacial score (nSPS) is 11.1. The van der Waals surface area contributed by atoms with Crippen molar-refractivity contribution >= 4 is 17.8 Å². The van der Waals surface area contributed by atoms with Gasteiger partial charge in [-0.1, -0.05) is 6.92 Å². The second-order valence-electron chi connectivity index (χ2n) is 4.72. The van der Waals surface area contributed by atoms with Gasteiger partial charge in [0.15, 0.2) is 5.96 Å². The van der Waals surface area contributed by atoms with Crippen molar-refractivity contribution in [2.45, 2.75) is 32.6 Å². The quantitative estimate of drug-likeness (QED) is 0.307. The second kappa shape index (κ2) is 11.1. The summed E-state index contributed by atoms with van der Waals surface area (Å²) >= 11 is 0. The van der Waals surface area contributed by atoms with E-state index >= 15 is 0 Å². The number of hydrogen-bond donors (Lipinski definition) is 3. The maximum atomic E-state index is 11.5. The van der Waals surface area contributed by atoms with E-state index in [1.165, 1.54) is 0 Å². The van der Waals surface area contributed by atoms with E-state index < -0.39 is 0 Å². The predicted molar refractivity (Wildman–Crippen MR) is 80.3 cm³/mol. The number of nitrogens with one attached hydrogen (secondary N) is 2. The Balaban J connectivity index is 3.59. The van der Waals surface area contributed by atoms with Gasteiger partial charge in [0.25, 0.3) is 0 Å². The molecule has 7 nitrogen and oxygen atoms in total. The Morgan fingerprint density at radius 3 is 2.45 bits per heavy atom. The average molecular weight is 285 g/mol. The van der Waals surface area contributed by atoms with Gasteiger partial charge in [-0.2, -0.15) is 0 Å². The molecule has 0 atom stereocenters. The molecule has 0 radical (unpaired) electrons. The maximum Gasteiger partial charge on any atom is 0.239 e. The zero-order valence-corrected chi connectivity index (χ0v) is 12.7. The number of nitrogens with zero attached hydrogens (tertiary/aromatic N) is 2. The fourth-order valence-corrected chi connectivity index (χ4v) is 1.33. The largest absolute Gasteiger partial charge is 0.370 e. The number of amides is 2. The lowest BCUT2D eigenvalue weighted by Gasteiger charge is -2.10. The van der Waals surface area contributed by atoms with Crippen LogP contribution in [-0.2, 0) is 9.59 Å². The van der Waals surface area contributed by atoms with E-state index in [0.717, 1.165) is 19.3 Å². The minimum absolute atomic E-state index is 0.0462. The van der Waals surface area contributed by atoms with Crippen molar-refractivity contribution in [3.8, 4) is 0 Å². The molecule has 0 aromatic rings. The third kappa shape index (κ3) is 10.2. The second-order valence-corrected chi connectivity index (χ2v) is 4.72. The molecule has 7 heteroatoms. The Bertz CT molecular complexity index is 329. The van der Waals surface area contributed by atoms with Crippen molar-refractivity contribution in [2.24, 2.45) is 10.7 Å². The molecule has 0 rings (SSSR count). The molecular weight excluding hydrogens is 258 g/mol. The number of hydrogen-bond acceptors (Lipinski definition) is 3. The topological polar surface area (TPSA) is 99.8 Å². The molecule has 4 N–H and O–H groups in total. The lowest BCUT2D eigenvalue weighted by molar-refractivity contribution is -0.126. The van der Waals surface area contributed by atoms with Gasteiger partial charge in [-0.15, -0.1) is 0 Å². The van der Waals surface area contributed by atoms with Crippen molar-refractivity contribution in [3.05, 3.63) is 0 Å². The van der Waals surface area contributed by atoms with Crippen molar-refractivity contribution < 1.29 is 9.59 Å². The number of rotatable bonds is 9. The molecule has 0 bridgehead atoms. The Morgan fingerprint density at radius 1 is 1.15 bits per heavy atom. The number of guanidine groups is 1. The molecule has 0 unspecified atom stereocenters. The predicted octanol–water partition coefficient (Wildman–Crippen LogP) is -0.325. The number of unbranched alkanes of at least 4 members (excludes halogenated alkanes) is 1. The fourth-order valence-electron chi connectivity index (χ4n) is 1.33. The molecule has 0 spiro atoms. The zero-order valence-electron chi connectivity index (χ0n) is 12.7. The molecule has 0 aromatic heterocycles. The molecule has 0 heterocycles. The fraction of sp³-hybridized carbons (Fsp3) is 0.769. The van der Waals surface area contributed by atoms with Gasteiger partial charge in [0.05, 0.1) is 6.54 Å². The van der Waals surface area contributed by atoms with Gasteiger partial charge in [0.1, 0.15) is 0 Å². The van der Waals surface area contributed by atoms with E-state index in [0.29, 0.717) is 25.5 Å². The van der Waals surface area contributed by atoms with Crippen LogP contribution < -0.4 is 16.4 Å². The van der Waals surface area contributed by atoms with Crippen LogP contribution in [0.3, 0.4) is 0 Å². The lowest BCUT2D eigenvalue weighted by Crippen LogP contribution is -2.37. The summed E-state index contributed by atoms with van der Waals surface area (Å²) in [4.78, 5) is 28.6. The van der Waals surface area contributed by atoms with E-state index in [1.54, 1.807) is 4.90 Å². The van der Waals surface area contributed by atoms with Crippen LogP contribution in [0.25, 0.3) is 0 Å². The van der Waals surface area contributed by atoms with Gasteiger partial charge in [0, 0.05) is 33.6 Å². The van der Waals surface area contributed by atoms with Crippen LogP contribution in [0.5, 0.6) is 0 Å². The molecule has 0 aromatic carbocycles. The minimum atomic E-state index is -0.149. The SMILES string of the molecule is CCCNC(=O)CNC(=O)CCCCN=C(N)N(C)C. The average Bonchev–Trinajstić information content (AvgIpc) is 2.41. The first-order valence-electron chi connectivity index (χ1n) is 6.98. The summed E-state index contributed by atoms with van der Waals surface area (Å²) in [5.74, 6) is 0.229. The number of carbonyl (C=O) groups excluding carboxylic acids is 2. The van der Waals surface area contributed by atoms with Crippen LogP contribution in [0.2, 0.25) is 0 Å². The summed E-state index contributed by atoms with van der Waals surface area (Å²) in [6.07, 6.45) is 2.81. The maximum absolute atomic E-state index is 11.5. The van der Waals surface area contributed by atoms with Crippen LogP contribution in [0, 0.1) is 0 Å². The Morgan fingerprint density at radius 2 is 1.85 bits per heavy atom. The molecule has 0 aliphatic heterocycles. The summed E-state index contributed by atoms with van der Waals surface area (Å²) < 4.78 is 0. The van der Waals surface area contributed by atoms with E-state index in [-0.39, 0.29) is 18.4 Å². The van der Waals surface area contributed by atoms with E-state index in [9.17, 15) is 9.59 Å². The molecule has 2 amide bonds. The van der Waals surface area contributed by atoms with Crippen molar-refractivity contribution in [1.82, 2.24) is 15.5 Å². The highest BCUT2D eigenvalue weighted by Gasteiger charge is 2.04. The molecule has 20 heavy (non-hydrogen) atoms. The zero-order chi connectivity index (χ0) is 15.4. The summed E-state index contributed by atoms with van der Waals surface area (Å²) in [7, 11) is 3.66. The molecular formula is C13H27N5O2. The first-order chi connectivity index (χ1) is 9.47. The molecule has 0 saturated heterocycles. The Kier molecular flexibility index (Phi) is 10.1. The van der Waals surface area contributed by atoms with E-state index in [4.69, 9.17) is 5.73 Å². The summed E-state index contributed by atoms with van der Waals surface area (Å²) in [5.41, 5.74) is 5.63. The van der Waals surface area contributed by atoms with Crippen LogP contribution in [0.1, 0.15) is 32.6 Å². The van der Waals surface area contributed by atoms with Crippen molar-refractivity contribution in [1.29, 1.82) is 0 Å². The molecule has 116 valence electrons. The highest BCUT2D eigenvalue weighted by molar-refractivity contribution is 5.84.